The number of likely N-dealkylation sites (tertiary alicyclic amines) is 1. The van der Waals surface area contributed by atoms with Crippen LogP contribution in [0.25, 0.3) is 0 Å². The summed E-state index contributed by atoms with van der Waals surface area (Å²) in [5.41, 5.74) is -0.450. The highest BCUT2D eigenvalue weighted by atomic mass is 16.6. The van der Waals surface area contributed by atoms with E-state index in [0.717, 1.165) is 0 Å². The molecule has 108 valence electrons. The van der Waals surface area contributed by atoms with Gasteiger partial charge in [0.1, 0.15) is 5.60 Å². The summed E-state index contributed by atoms with van der Waals surface area (Å²) in [5, 5.41) is 0. The van der Waals surface area contributed by atoms with Gasteiger partial charge in [-0.05, 0) is 45.4 Å². The second-order valence-electron chi connectivity index (χ2n) is 6.39. The van der Waals surface area contributed by atoms with Crippen LogP contribution in [0.2, 0.25) is 0 Å². The molecule has 2 rings (SSSR count). The number of carbonyl (C=O) groups excluding carboxylic acids is 2. The Kier molecular flexibility index (Phi) is 3.74. The Morgan fingerprint density at radius 3 is 2.26 bits per heavy atom. The molecular weight excluding hydrogens is 246 g/mol. The number of nitrogens with zero attached hydrogens (tertiary/aromatic N) is 1. The Morgan fingerprint density at radius 1 is 1.21 bits per heavy atom. The third-order valence-electron chi connectivity index (χ3n) is 3.73. The molecule has 19 heavy (non-hydrogen) atoms. The lowest BCUT2D eigenvalue weighted by Gasteiger charge is -2.25. The third-order valence-corrected chi connectivity index (χ3v) is 3.73. The number of ether oxygens (including phenoxy) is 2. The van der Waals surface area contributed by atoms with Gasteiger partial charge in [0.2, 0.25) is 0 Å². The number of piperidine rings is 1. The molecule has 1 aliphatic heterocycles. The van der Waals surface area contributed by atoms with Gasteiger partial charge in [0.05, 0.1) is 6.61 Å². The van der Waals surface area contributed by atoms with Crippen LogP contribution in [0.4, 0.5) is 4.79 Å². The van der Waals surface area contributed by atoms with Crippen LogP contribution < -0.4 is 0 Å². The number of amides is 1. The second kappa shape index (κ2) is 5.02. The number of hydrogen-bond donors (Lipinski definition) is 0. The highest BCUT2D eigenvalue weighted by molar-refractivity contribution is 5.71. The van der Waals surface area contributed by atoms with Crippen molar-refractivity contribution in [3.63, 3.8) is 0 Å². The SMILES string of the molecule is CCOC(=O)CC1[C@H]2CN(C(=O)OC(C)(C)C)C[C@@H]12. The molecule has 5 heteroatoms. The van der Waals surface area contributed by atoms with Crippen molar-refractivity contribution in [3.05, 3.63) is 0 Å². The van der Waals surface area contributed by atoms with Crippen LogP contribution in [0.5, 0.6) is 0 Å². The molecule has 0 aromatic rings. The normalized spacial score (nSPS) is 28.8. The van der Waals surface area contributed by atoms with Crippen molar-refractivity contribution in [2.45, 2.75) is 39.7 Å². The number of carbonyl (C=O) groups is 2. The summed E-state index contributed by atoms with van der Waals surface area (Å²) in [7, 11) is 0. The van der Waals surface area contributed by atoms with Gasteiger partial charge < -0.3 is 14.4 Å². The van der Waals surface area contributed by atoms with Gasteiger partial charge >= 0.3 is 12.1 Å². The molecule has 1 saturated carbocycles. The first kappa shape index (κ1) is 14.2. The number of rotatable bonds is 3. The van der Waals surface area contributed by atoms with Crippen molar-refractivity contribution in [2.24, 2.45) is 17.8 Å². The van der Waals surface area contributed by atoms with Crippen molar-refractivity contribution in [1.82, 2.24) is 4.90 Å². The van der Waals surface area contributed by atoms with E-state index in [-0.39, 0.29) is 12.1 Å². The lowest BCUT2D eigenvalue weighted by molar-refractivity contribution is -0.143. The van der Waals surface area contributed by atoms with Gasteiger partial charge in [0.15, 0.2) is 0 Å². The highest BCUT2D eigenvalue weighted by Crippen LogP contribution is 2.53. The number of fused-ring (bicyclic) bond motifs is 1. The highest BCUT2D eigenvalue weighted by Gasteiger charge is 2.57. The molecule has 1 unspecified atom stereocenters. The van der Waals surface area contributed by atoms with Gasteiger partial charge in [-0.15, -0.1) is 0 Å². The van der Waals surface area contributed by atoms with Crippen LogP contribution in [0.15, 0.2) is 0 Å². The van der Waals surface area contributed by atoms with E-state index >= 15 is 0 Å². The van der Waals surface area contributed by atoms with E-state index < -0.39 is 5.60 Å². The predicted octanol–water partition coefficient (Wildman–Crippen LogP) is 2.05. The fraction of sp³-hybridized carbons (Fsp3) is 0.857. The lowest BCUT2D eigenvalue weighted by Crippen LogP contribution is -2.37. The number of esters is 1. The third kappa shape index (κ3) is 3.39. The summed E-state index contributed by atoms with van der Waals surface area (Å²) in [6, 6.07) is 0. The van der Waals surface area contributed by atoms with E-state index in [0.29, 0.717) is 43.9 Å². The Bertz CT molecular complexity index is 362. The van der Waals surface area contributed by atoms with Gasteiger partial charge in [-0.1, -0.05) is 0 Å². The maximum Gasteiger partial charge on any atom is 0.410 e. The first-order valence-electron chi connectivity index (χ1n) is 6.95. The van der Waals surface area contributed by atoms with Crippen molar-refractivity contribution in [1.29, 1.82) is 0 Å². The Labute approximate surface area is 114 Å². The quantitative estimate of drug-likeness (QED) is 0.736. The smallest absolute Gasteiger partial charge is 0.410 e. The largest absolute Gasteiger partial charge is 0.466 e. The topological polar surface area (TPSA) is 55.8 Å². The standard InChI is InChI=1S/C14H23NO4/c1-5-18-12(16)6-9-10-7-15(8-11(9)10)13(17)19-14(2,3)4/h9-11H,5-8H2,1-4H3/t9?,10-,11+. The van der Waals surface area contributed by atoms with Crippen LogP contribution in [0.3, 0.4) is 0 Å². The molecule has 2 aliphatic rings. The monoisotopic (exact) mass is 269 g/mol. The molecule has 1 amide bonds. The first-order chi connectivity index (χ1) is 8.81. The second-order valence-corrected chi connectivity index (χ2v) is 6.39. The van der Waals surface area contributed by atoms with Gasteiger partial charge in [0, 0.05) is 19.5 Å². The average Bonchev–Trinajstić information content (AvgIpc) is 2.73. The molecule has 1 heterocycles. The predicted molar refractivity (Wildman–Crippen MR) is 69.5 cm³/mol. The summed E-state index contributed by atoms with van der Waals surface area (Å²) in [5.74, 6) is 1.19. The van der Waals surface area contributed by atoms with E-state index in [4.69, 9.17) is 9.47 Å². The Morgan fingerprint density at radius 2 is 1.79 bits per heavy atom. The van der Waals surface area contributed by atoms with E-state index in [1.165, 1.54) is 0 Å². The molecule has 0 bridgehead atoms. The summed E-state index contributed by atoms with van der Waals surface area (Å²) in [4.78, 5) is 25.0. The molecule has 5 nitrogen and oxygen atoms in total. The van der Waals surface area contributed by atoms with Crippen molar-refractivity contribution >= 4 is 12.1 Å². The zero-order valence-electron chi connectivity index (χ0n) is 12.1. The van der Waals surface area contributed by atoms with Gasteiger partial charge in [-0.3, -0.25) is 4.79 Å². The maximum absolute atomic E-state index is 11.9. The summed E-state index contributed by atoms with van der Waals surface area (Å²) < 4.78 is 10.3. The average molecular weight is 269 g/mol. The van der Waals surface area contributed by atoms with E-state index in [9.17, 15) is 9.59 Å². The zero-order chi connectivity index (χ0) is 14.2. The molecule has 1 saturated heterocycles. The minimum atomic E-state index is -0.450. The van der Waals surface area contributed by atoms with E-state index in [2.05, 4.69) is 0 Å². The maximum atomic E-state index is 11.9. The summed E-state index contributed by atoms with van der Waals surface area (Å²) >= 11 is 0. The van der Waals surface area contributed by atoms with E-state index in [1.807, 2.05) is 27.7 Å². The zero-order valence-corrected chi connectivity index (χ0v) is 12.1. The summed E-state index contributed by atoms with van der Waals surface area (Å²) in [6.07, 6.45) is 0.250. The Hall–Kier alpha value is -1.26. The summed E-state index contributed by atoms with van der Waals surface area (Å²) in [6.45, 7) is 9.27. The number of hydrogen-bond acceptors (Lipinski definition) is 4. The minimum Gasteiger partial charge on any atom is -0.466 e. The van der Waals surface area contributed by atoms with Gasteiger partial charge in [-0.25, -0.2) is 4.79 Å². The van der Waals surface area contributed by atoms with Crippen LogP contribution in [-0.2, 0) is 14.3 Å². The Balaban J connectivity index is 1.74. The van der Waals surface area contributed by atoms with E-state index in [1.54, 1.807) is 4.90 Å². The molecule has 1 aliphatic carbocycles. The van der Waals surface area contributed by atoms with Crippen LogP contribution in [0, 0.1) is 17.8 Å². The minimum absolute atomic E-state index is 0.120. The molecule has 2 fully saturated rings. The molecule has 0 N–H and O–H groups in total. The molecule has 0 spiro atoms. The van der Waals surface area contributed by atoms with Crippen LogP contribution >= 0.6 is 0 Å². The molecule has 0 aromatic carbocycles. The molecular formula is C14H23NO4. The fourth-order valence-corrected chi connectivity index (χ4v) is 2.84. The molecule has 0 aromatic heterocycles. The van der Waals surface area contributed by atoms with Crippen molar-refractivity contribution in [2.75, 3.05) is 19.7 Å². The van der Waals surface area contributed by atoms with Crippen LogP contribution in [0.1, 0.15) is 34.1 Å². The molecule has 0 radical (unpaired) electrons. The van der Waals surface area contributed by atoms with Crippen LogP contribution in [-0.4, -0.2) is 42.3 Å². The van der Waals surface area contributed by atoms with Crippen molar-refractivity contribution in [3.8, 4) is 0 Å². The van der Waals surface area contributed by atoms with Gasteiger partial charge in [0.25, 0.3) is 0 Å². The first-order valence-corrected chi connectivity index (χ1v) is 6.95. The fourth-order valence-electron chi connectivity index (χ4n) is 2.84. The lowest BCUT2D eigenvalue weighted by atomic mass is 10.2. The molecule has 3 atom stereocenters. The van der Waals surface area contributed by atoms with Gasteiger partial charge in [-0.2, -0.15) is 0 Å². The van der Waals surface area contributed by atoms with Crippen molar-refractivity contribution < 1.29 is 19.1 Å².